The second kappa shape index (κ2) is 6.83. The molecule has 0 saturated heterocycles. The Morgan fingerprint density at radius 3 is 2.38 bits per heavy atom. The Balaban J connectivity index is 2.11. The van der Waals surface area contributed by atoms with E-state index in [9.17, 15) is 5.11 Å². The molecule has 122 valence electrons. The number of pyridine rings is 1. The minimum atomic E-state index is 0.203. The highest BCUT2D eigenvalue weighted by Gasteiger charge is 2.07. The Hall–Kier alpha value is -2.68. The molecule has 0 fully saturated rings. The van der Waals surface area contributed by atoms with Crippen LogP contribution in [0.2, 0.25) is 0 Å². The lowest BCUT2D eigenvalue weighted by molar-refractivity contribution is 0.480. The molecule has 0 atom stereocenters. The molecule has 2 aromatic carbocycles. The number of aromatic nitrogens is 1. The van der Waals surface area contributed by atoms with Gasteiger partial charge in [-0.15, -0.1) is 0 Å². The highest BCUT2D eigenvalue weighted by Crippen LogP contribution is 2.28. The number of aryl methyl sites for hydroxylation is 3. The van der Waals surface area contributed by atoms with E-state index in [1.165, 1.54) is 11.1 Å². The lowest BCUT2D eigenvalue weighted by Gasteiger charge is -2.09. The molecule has 1 heterocycles. The van der Waals surface area contributed by atoms with Crippen molar-refractivity contribution in [3.8, 4) is 5.75 Å². The molecule has 0 aliphatic rings. The summed E-state index contributed by atoms with van der Waals surface area (Å²) in [6.07, 6.45) is 3.79. The first-order chi connectivity index (χ1) is 11.6. The average Bonchev–Trinajstić information content (AvgIpc) is 2.61. The van der Waals surface area contributed by atoms with Crippen molar-refractivity contribution in [3.63, 3.8) is 0 Å². The number of aromatic hydroxyl groups is 1. The predicted octanol–water partition coefficient (Wildman–Crippen LogP) is 5.12. The van der Waals surface area contributed by atoms with Gasteiger partial charge in [-0.05, 0) is 49.1 Å². The number of hydrogen-bond acceptors (Lipinski definition) is 3. The Morgan fingerprint density at radius 2 is 1.71 bits per heavy atom. The summed E-state index contributed by atoms with van der Waals surface area (Å²) >= 11 is 0. The maximum Gasteiger partial charge on any atom is 0.141 e. The van der Waals surface area contributed by atoms with Crippen LogP contribution in [0.25, 0.3) is 10.9 Å². The van der Waals surface area contributed by atoms with Gasteiger partial charge >= 0.3 is 0 Å². The second-order valence-electron chi connectivity index (χ2n) is 5.91. The van der Waals surface area contributed by atoms with Crippen molar-refractivity contribution in [2.24, 2.45) is 4.99 Å². The number of para-hydroxylation sites is 1. The number of phenols is 1. The number of nitrogens with zero attached hydrogens (tertiary/aromatic N) is 2. The Morgan fingerprint density at radius 1 is 1.00 bits per heavy atom. The molecule has 0 saturated carbocycles. The maximum atomic E-state index is 10.1. The molecular formula is C21H22N2O. The van der Waals surface area contributed by atoms with Crippen LogP contribution in [0.5, 0.6) is 5.75 Å². The van der Waals surface area contributed by atoms with Crippen LogP contribution < -0.4 is 0 Å². The van der Waals surface area contributed by atoms with Gasteiger partial charge in [-0.3, -0.25) is 4.99 Å². The van der Waals surface area contributed by atoms with E-state index in [2.05, 4.69) is 37.0 Å². The van der Waals surface area contributed by atoms with Gasteiger partial charge in [0, 0.05) is 22.9 Å². The second-order valence-corrected chi connectivity index (χ2v) is 5.91. The molecule has 0 amide bonds. The predicted molar refractivity (Wildman–Crippen MR) is 101 cm³/mol. The first-order valence-electron chi connectivity index (χ1n) is 8.38. The van der Waals surface area contributed by atoms with Gasteiger partial charge in [-0.1, -0.05) is 38.1 Å². The van der Waals surface area contributed by atoms with Gasteiger partial charge in [0.15, 0.2) is 0 Å². The zero-order valence-electron chi connectivity index (χ0n) is 14.4. The van der Waals surface area contributed by atoms with Gasteiger partial charge < -0.3 is 5.11 Å². The van der Waals surface area contributed by atoms with E-state index in [4.69, 9.17) is 4.99 Å². The third kappa shape index (κ3) is 3.02. The molecular weight excluding hydrogens is 296 g/mol. The third-order valence-corrected chi connectivity index (χ3v) is 4.31. The molecule has 0 bridgehead atoms. The number of rotatable bonds is 4. The van der Waals surface area contributed by atoms with Crippen LogP contribution in [0.15, 0.2) is 47.5 Å². The standard InChI is InChI=1S/C21H22N2O/c1-4-15-7-6-8-16(5-2)20(15)22-13-17-10-12-19(24)21-18(17)11-9-14(3)23-21/h6-13,24H,4-5H2,1-3H3. The zero-order chi connectivity index (χ0) is 17.1. The topological polar surface area (TPSA) is 45.5 Å². The van der Waals surface area contributed by atoms with E-state index < -0.39 is 0 Å². The van der Waals surface area contributed by atoms with Crippen molar-refractivity contribution in [2.45, 2.75) is 33.6 Å². The van der Waals surface area contributed by atoms with Crippen molar-refractivity contribution in [3.05, 3.63) is 64.8 Å². The van der Waals surface area contributed by atoms with E-state index in [-0.39, 0.29) is 5.75 Å². The lowest BCUT2D eigenvalue weighted by Crippen LogP contribution is -1.92. The van der Waals surface area contributed by atoms with E-state index in [1.807, 2.05) is 31.3 Å². The summed E-state index contributed by atoms with van der Waals surface area (Å²) in [5.74, 6) is 0.203. The largest absolute Gasteiger partial charge is 0.506 e. The lowest BCUT2D eigenvalue weighted by atomic mass is 10.0. The molecule has 3 rings (SSSR count). The number of phenolic OH excluding ortho intramolecular Hbond substituents is 1. The number of benzene rings is 2. The van der Waals surface area contributed by atoms with Gasteiger partial charge in [0.25, 0.3) is 0 Å². The molecule has 1 N–H and O–H groups in total. The monoisotopic (exact) mass is 318 g/mol. The van der Waals surface area contributed by atoms with Crippen LogP contribution in [0, 0.1) is 6.92 Å². The minimum Gasteiger partial charge on any atom is -0.506 e. The van der Waals surface area contributed by atoms with Crippen LogP contribution in [0.3, 0.4) is 0 Å². The quantitative estimate of drug-likeness (QED) is 0.678. The van der Waals surface area contributed by atoms with E-state index in [0.717, 1.165) is 35.2 Å². The van der Waals surface area contributed by atoms with Crippen LogP contribution in [0.4, 0.5) is 5.69 Å². The highest BCUT2D eigenvalue weighted by molar-refractivity contribution is 6.01. The van der Waals surface area contributed by atoms with Gasteiger partial charge in [0.1, 0.15) is 11.3 Å². The van der Waals surface area contributed by atoms with Gasteiger partial charge in [0.05, 0.1) is 5.69 Å². The zero-order valence-corrected chi connectivity index (χ0v) is 14.4. The fraction of sp³-hybridized carbons (Fsp3) is 0.238. The van der Waals surface area contributed by atoms with Gasteiger partial charge in [-0.25, -0.2) is 4.98 Å². The van der Waals surface area contributed by atoms with Crippen molar-refractivity contribution in [2.75, 3.05) is 0 Å². The molecule has 0 radical (unpaired) electrons. The van der Waals surface area contributed by atoms with Crippen LogP contribution in [-0.4, -0.2) is 16.3 Å². The molecule has 24 heavy (non-hydrogen) atoms. The molecule has 0 aliphatic heterocycles. The first-order valence-corrected chi connectivity index (χ1v) is 8.38. The molecule has 3 heteroatoms. The van der Waals surface area contributed by atoms with E-state index in [1.54, 1.807) is 6.07 Å². The van der Waals surface area contributed by atoms with Gasteiger partial charge in [0.2, 0.25) is 0 Å². The Kier molecular flexibility index (Phi) is 4.61. The maximum absolute atomic E-state index is 10.1. The van der Waals surface area contributed by atoms with Crippen molar-refractivity contribution < 1.29 is 5.11 Å². The van der Waals surface area contributed by atoms with Crippen molar-refractivity contribution in [1.29, 1.82) is 0 Å². The summed E-state index contributed by atoms with van der Waals surface area (Å²) in [5.41, 5.74) is 6.03. The Bertz CT molecular complexity index is 891. The van der Waals surface area contributed by atoms with Crippen molar-refractivity contribution >= 4 is 22.8 Å². The summed E-state index contributed by atoms with van der Waals surface area (Å²) in [6, 6.07) is 13.9. The molecule has 3 nitrogen and oxygen atoms in total. The summed E-state index contributed by atoms with van der Waals surface area (Å²) in [5, 5.41) is 11.0. The molecule has 3 aromatic rings. The van der Waals surface area contributed by atoms with Crippen LogP contribution >= 0.6 is 0 Å². The fourth-order valence-electron chi connectivity index (χ4n) is 2.95. The Labute approximate surface area is 142 Å². The molecule has 0 aliphatic carbocycles. The number of hydrogen-bond donors (Lipinski definition) is 1. The molecule has 0 unspecified atom stereocenters. The summed E-state index contributed by atoms with van der Waals surface area (Å²) in [4.78, 5) is 9.23. The highest BCUT2D eigenvalue weighted by atomic mass is 16.3. The van der Waals surface area contributed by atoms with Crippen LogP contribution in [-0.2, 0) is 12.8 Å². The normalized spacial score (nSPS) is 11.5. The molecule has 1 aromatic heterocycles. The number of aliphatic imine (C=N–C) groups is 1. The SMILES string of the molecule is CCc1cccc(CC)c1N=Cc1ccc(O)c2nc(C)ccc12. The smallest absolute Gasteiger partial charge is 0.141 e. The summed E-state index contributed by atoms with van der Waals surface area (Å²) in [6.45, 7) is 6.22. The minimum absolute atomic E-state index is 0.203. The first kappa shape index (κ1) is 16.2. The molecule has 0 spiro atoms. The average molecular weight is 318 g/mol. The fourth-order valence-corrected chi connectivity index (χ4v) is 2.95. The van der Waals surface area contributed by atoms with Crippen molar-refractivity contribution in [1.82, 2.24) is 4.98 Å². The third-order valence-electron chi connectivity index (χ3n) is 4.31. The van der Waals surface area contributed by atoms with E-state index in [0.29, 0.717) is 5.52 Å². The van der Waals surface area contributed by atoms with E-state index >= 15 is 0 Å². The van der Waals surface area contributed by atoms with Crippen LogP contribution in [0.1, 0.15) is 36.2 Å². The van der Waals surface area contributed by atoms with Gasteiger partial charge in [-0.2, -0.15) is 0 Å². The number of fused-ring (bicyclic) bond motifs is 1. The summed E-state index contributed by atoms with van der Waals surface area (Å²) in [7, 11) is 0. The summed E-state index contributed by atoms with van der Waals surface area (Å²) < 4.78 is 0.